The number of hydrogen-bond donors (Lipinski definition) is 1. The summed E-state index contributed by atoms with van der Waals surface area (Å²) in [4.78, 5) is 0. The molecule has 0 bridgehead atoms. The lowest BCUT2D eigenvalue weighted by molar-refractivity contribution is -0.144. The van der Waals surface area contributed by atoms with E-state index in [9.17, 15) is 17.6 Å². The van der Waals surface area contributed by atoms with Crippen molar-refractivity contribution in [2.24, 2.45) is 11.7 Å². The maximum absolute atomic E-state index is 12.6. The third-order valence-electron chi connectivity index (χ3n) is 2.53. The average Bonchev–Trinajstić information content (AvgIpc) is 2.19. The van der Waals surface area contributed by atoms with E-state index in [1.165, 1.54) is 24.3 Å². The van der Waals surface area contributed by atoms with Gasteiger partial charge in [0.2, 0.25) is 0 Å². The zero-order valence-corrected chi connectivity index (χ0v) is 9.30. The number of halogens is 4. The monoisotopic (exact) mass is 249 g/mol. The Morgan fingerprint density at radius 2 is 1.71 bits per heavy atom. The molecule has 1 unspecified atom stereocenters. The molecule has 0 aliphatic carbocycles. The fourth-order valence-electron chi connectivity index (χ4n) is 1.79. The van der Waals surface area contributed by atoms with Crippen molar-refractivity contribution in [1.82, 2.24) is 0 Å². The van der Waals surface area contributed by atoms with Crippen LogP contribution in [-0.4, -0.2) is 12.7 Å². The van der Waals surface area contributed by atoms with Crippen LogP contribution in [0.15, 0.2) is 24.3 Å². The summed E-state index contributed by atoms with van der Waals surface area (Å²) < 4.78 is 49.5. The van der Waals surface area contributed by atoms with Crippen LogP contribution in [0.4, 0.5) is 17.6 Å². The fraction of sp³-hybridized carbons (Fsp3) is 0.500. The summed E-state index contributed by atoms with van der Waals surface area (Å²) in [5.74, 6) is -0.926. The Labute approximate surface area is 97.6 Å². The van der Waals surface area contributed by atoms with E-state index in [1.54, 1.807) is 0 Å². The van der Waals surface area contributed by atoms with Crippen molar-refractivity contribution in [2.45, 2.75) is 25.4 Å². The maximum atomic E-state index is 12.6. The van der Waals surface area contributed by atoms with Gasteiger partial charge in [-0.15, -0.1) is 0 Å². The highest BCUT2D eigenvalue weighted by Crippen LogP contribution is 2.28. The third-order valence-corrected chi connectivity index (χ3v) is 2.53. The molecule has 0 saturated heterocycles. The van der Waals surface area contributed by atoms with E-state index in [-0.39, 0.29) is 18.8 Å². The Bertz CT molecular complexity index is 331. The molecule has 0 saturated carbocycles. The van der Waals surface area contributed by atoms with Gasteiger partial charge >= 0.3 is 6.18 Å². The Balaban J connectivity index is 2.63. The Kier molecular flexibility index (Phi) is 4.93. The molecule has 0 heterocycles. The Morgan fingerprint density at radius 3 is 2.18 bits per heavy atom. The van der Waals surface area contributed by atoms with Crippen molar-refractivity contribution in [3.05, 3.63) is 35.6 Å². The van der Waals surface area contributed by atoms with Crippen LogP contribution in [0.25, 0.3) is 0 Å². The highest BCUT2D eigenvalue weighted by Gasteiger charge is 2.31. The first kappa shape index (κ1) is 14.0. The van der Waals surface area contributed by atoms with Crippen LogP contribution in [0, 0.1) is 11.7 Å². The summed E-state index contributed by atoms with van der Waals surface area (Å²) in [7, 11) is 0. The molecule has 1 atom stereocenters. The molecule has 0 radical (unpaired) electrons. The quantitative estimate of drug-likeness (QED) is 0.796. The van der Waals surface area contributed by atoms with Gasteiger partial charge < -0.3 is 5.73 Å². The van der Waals surface area contributed by atoms with Gasteiger partial charge in [-0.05, 0) is 43.0 Å². The highest BCUT2D eigenvalue weighted by molar-refractivity contribution is 5.16. The molecule has 2 N–H and O–H groups in total. The van der Waals surface area contributed by atoms with Crippen molar-refractivity contribution >= 4 is 0 Å². The molecule has 0 amide bonds. The van der Waals surface area contributed by atoms with Gasteiger partial charge in [0.1, 0.15) is 5.82 Å². The van der Waals surface area contributed by atoms with E-state index in [2.05, 4.69) is 0 Å². The molecular formula is C12H15F4N. The van der Waals surface area contributed by atoms with E-state index in [0.29, 0.717) is 12.0 Å². The molecule has 1 nitrogen and oxygen atoms in total. The van der Waals surface area contributed by atoms with Crippen molar-refractivity contribution in [3.8, 4) is 0 Å². The molecule has 17 heavy (non-hydrogen) atoms. The zero-order valence-electron chi connectivity index (χ0n) is 9.30. The van der Waals surface area contributed by atoms with Crippen LogP contribution in [0.3, 0.4) is 0 Å². The topological polar surface area (TPSA) is 26.0 Å². The summed E-state index contributed by atoms with van der Waals surface area (Å²) in [5.41, 5.74) is 6.00. The summed E-state index contributed by atoms with van der Waals surface area (Å²) in [6, 6.07) is 5.52. The summed E-state index contributed by atoms with van der Waals surface area (Å²) in [6.45, 7) is 0.224. The first-order chi connectivity index (χ1) is 7.90. The predicted octanol–water partition coefficient (Wildman–Crippen LogP) is 3.29. The van der Waals surface area contributed by atoms with Crippen LogP contribution in [0.2, 0.25) is 0 Å². The van der Waals surface area contributed by atoms with Crippen molar-refractivity contribution in [3.63, 3.8) is 0 Å². The standard InChI is InChI=1S/C12H15F4N/c13-11-3-1-9(2-4-11)7-10(5-6-17)8-12(14,15)16/h1-4,10H,5-8,17H2. The second-order valence-corrected chi connectivity index (χ2v) is 4.09. The molecule has 0 aromatic heterocycles. The van der Waals surface area contributed by atoms with Gasteiger partial charge in [-0.25, -0.2) is 4.39 Å². The summed E-state index contributed by atoms with van der Waals surface area (Å²) in [6.07, 6.45) is -4.44. The molecule has 0 fully saturated rings. The number of rotatable bonds is 5. The van der Waals surface area contributed by atoms with Crippen LogP contribution < -0.4 is 5.73 Å². The summed E-state index contributed by atoms with van der Waals surface area (Å²) in [5, 5.41) is 0. The van der Waals surface area contributed by atoms with E-state index >= 15 is 0 Å². The van der Waals surface area contributed by atoms with E-state index < -0.39 is 18.5 Å². The first-order valence-electron chi connectivity index (χ1n) is 5.42. The minimum Gasteiger partial charge on any atom is -0.330 e. The van der Waals surface area contributed by atoms with Crippen LogP contribution >= 0.6 is 0 Å². The largest absolute Gasteiger partial charge is 0.389 e. The normalized spacial score (nSPS) is 13.7. The molecule has 0 aliphatic rings. The van der Waals surface area contributed by atoms with E-state index in [1.807, 2.05) is 0 Å². The van der Waals surface area contributed by atoms with Crippen LogP contribution in [-0.2, 0) is 6.42 Å². The zero-order chi connectivity index (χ0) is 12.9. The first-order valence-corrected chi connectivity index (χ1v) is 5.42. The molecule has 1 aromatic carbocycles. The van der Waals surface area contributed by atoms with Crippen molar-refractivity contribution in [1.29, 1.82) is 0 Å². The van der Waals surface area contributed by atoms with Gasteiger partial charge in [0, 0.05) is 6.42 Å². The van der Waals surface area contributed by atoms with Crippen LogP contribution in [0.1, 0.15) is 18.4 Å². The second-order valence-electron chi connectivity index (χ2n) is 4.09. The molecule has 1 aromatic rings. The van der Waals surface area contributed by atoms with Gasteiger partial charge in [0.05, 0.1) is 0 Å². The number of nitrogens with two attached hydrogens (primary N) is 1. The van der Waals surface area contributed by atoms with Gasteiger partial charge in [-0.3, -0.25) is 0 Å². The molecule has 0 spiro atoms. The SMILES string of the molecule is NCCC(Cc1ccc(F)cc1)CC(F)(F)F. The highest BCUT2D eigenvalue weighted by atomic mass is 19.4. The van der Waals surface area contributed by atoms with Gasteiger partial charge in [-0.1, -0.05) is 12.1 Å². The maximum Gasteiger partial charge on any atom is 0.389 e. The van der Waals surface area contributed by atoms with Gasteiger partial charge in [0.25, 0.3) is 0 Å². The lowest BCUT2D eigenvalue weighted by atomic mass is 9.93. The molecule has 5 heteroatoms. The van der Waals surface area contributed by atoms with Crippen LogP contribution in [0.5, 0.6) is 0 Å². The minimum absolute atomic E-state index is 0.224. The molecule has 1 rings (SSSR count). The number of benzene rings is 1. The second kappa shape index (κ2) is 6.00. The number of alkyl halides is 3. The Morgan fingerprint density at radius 1 is 1.12 bits per heavy atom. The molecular weight excluding hydrogens is 234 g/mol. The van der Waals surface area contributed by atoms with E-state index in [0.717, 1.165) is 0 Å². The van der Waals surface area contributed by atoms with Gasteiger partial charge in [0.15, 0.2) is 0 Å². The Hall–Kier alpha value is -1.10. The van der Waals surface area contributed by atoms with E-state index in [4.69, 9.17) is 5.73 Å². The molecule has 96 valence electrons. The fourth-order valence-corrected chi connectivity index (χ4v) is 1.79. The predicted molar refractivity (Wildman–Crippen MR) is 57.9 cm³/mol. The molecule has 0 aliphatic heterocycles. The van der Waals surface area contributed by atoms with Gasteiger partial charge in [-0.2, -0.15) is 13.2 Å². The van der Waals surface area contributed by atoms with Crippen molar-refractivity contribution in [2.75, 3.05) is 6.54 Å². The third kappa shape index (κ3) is 5.68. The van der Waals surface area contributed by atoms with Crippen molar-refractivity contribution < 1.29 is 17.6 Å². The lowest BCUT2D eigenvalue weighted by Gasteiger charge is -2.18. The number of hydrogen-bond acceptors (Lipinski definition) is 1. The lowest BCUT2D eigenvalue weighted by Crippen LogP contribution is -2.20. The summed E-state index contributed by atoms with van der Waals surface area (Å²) >= 11 is 0. The minimum atomic E-state index is -4.18. The smallest absolute Gasteiger partial charge is 0.330 e. The average molecular weight is 249 g/mol.